The third-order valence-electron chi connectivity index (χ3n) is 2.60. The average Bonchev–Trinajstić information content (AvgIpc) is 2.28. The van der Waals surface area contributed by atoms with Gasteiger partial charge in [0, 0.05) is 5.69 Å². The Morgan fingerprint density at radius 1 is 1.44 bits per heavy atom. The Bertz CT molecular complexity index is 361. The number of anilines is 1. The molecular weight excluding hydrogens is 200 g/mol. The molecular formula is C13H20N2O. The normalized spacial score (nSPS) is 12.6. The lowest BCUT2D eigenvalue weighted by Gasteiger charge is -2.12. The third-order valence-corrected chi connectivity index (χ3v) is 2.60. The van der Waals surface area contributed by atoms with E-state index in [1.165, 1.54) is 5.56 Å². The lowest BCUT2D eigenvalue weighted by Crippen LogP contribution is -2.34. The van der Waals surface area contributed by atoms with Crippen molar-refractivity contribution in [1.82, 2.24) is 0 Å². The summed E-state index contributed by atoms with van der Waals surface area (Å²) < 4.78 is 0. The lowest BCUT2D eigenvalue weighted by atomic mass is 10.0. The van der Waals surface area contributed by atoms with Gasteiger partial charge < -0.3 is 11.1 Å². The molecule has 1 atom stereocenters. The summed E-state index contributed by atoms with van der Waals surface area (Å²) in [6.07, 6.45) is 0.649. The molecule has 0 saturated carbocycles. The molecule has 16 heavy (non-hydrogen) atoms. The Morgan fingerprint density at radius 2 is 2.12 bits per heavy atom. The number of hydrogen-bond acceptors (Lipinski definition) is 2. The highest BCUT2D eigenvalue weighted by atomic mass is 16.2. The van der Waals surface area contributed by atoms with Crippen molar-refractivity contribution in [3.63, 3.8) is 0 Å². The van der Waals surface area contributed by atoms with Gasteiger partial charge in [-0.15, -0.1) is 0 Å². The van der Waals surface area contributed by atoms with E-state index in [0.717, 1.165) is 5.69 Å². The summed E-state index contributed by atoms with van der Waals surface area (Å²) in [5.41, 5.74) is 7.68. The van der Waals surface area contributed by atoms with Gasteiger partial charge in [0.1, 0.15) is 0 Å². The molecule has 1 rings (SSSR count). The van der Waals surface area contributed by atoms with E-state index < -0.39 is 6.04 Å². The van der Waals surface area contributed by atoms with Crippen LogP contribution in [0.1, 0.15) is 38.7 Å². The van der Waals surface area contributed by atoms with Crippen LogP contribution in [0, 0.1) is 0 Å². The maximum Gasteiger partial charge on any atom is 0.241 e. The van der Waals surface area contributed by atoms with Crippen LogP contribution in [-0.4, -0.2) is 11.9 Å². The predicted octanol–water partition coefficient (Wildman–Crippen LogP) is 2.49. The van der Waals surface area contributed by atoms with E-state index >= 15 is 0 Å². The third kappa shape index (κ3) is 3.35. The number of carbonyl (C=O) groups excluding carboxylic acids is 1. The summed E-state index contributed by atoms with van der Waals surface area (Å²) in [6.45, 7) is 6.15. The molecule has 0 saturated heterocycles. The minimum absolute atomic E-state index is 0.122. The number of hydrogen-bond donors (Lipinski definition) is 2. The van der Waals surface area contributed by atoms with Crippen LogP contribution in [0.4, 0.5) is 5.69 Å². The molecule has 0 radical (unpaired) electrons. The molecule has 0 unspecified atom stereocenters. The summed E-state index contributed by atoms with van der Waals surface area (Å²) in [5.74, 6) is 0.333. The van der Waals surface area contributed by atoms with Crippen LogP contribution in [0.3, 0.4) is 0 Å². The number of nitrogens with one attached hydrogen (secondary N) is 1. The fourth-order valence-corrected chi connectivity index (χ4v) is 1.40. The second kappa shape index (κ2) is 5.66. The number of nitrogens with two attached hydrogens (primary N) is 1. The second-order valence-corrected chi connectivity index (χ2v) is 4.28. The van der Waals surface area contributed by atoms with Crippen molar-refractivity contribution in [2.24, 2.45) is 5.73 Å². The van der Waals surface area contributed by atoms with Gasteiger partial charge in [-0.3, -0.25) is 4.79 Å². The average molecular weight is 220 g/mol. The van der Waals surface area contributed by atoms with Gasteiger partial charge in [-0.1, -0.05) is 32.9 Å². The molecule has 0 aromatic heterocycles. The van der Waals surface area contributed by atoms with E-state index in [9.17, 15) is 4.79 Å². The molecule has 88 valence electrons. The highest BCUT2D eigenvalue weighted by Crippen LogP contribution is 2.18. The smallest absolute Gasteiger partial charge is 0.241 e. The summed E-state index contributed by atoms with van der Waals surface area (Å²) >= 11 is 0. The van der Waals surface area contributed by atoms with E-state index in [2.05, 4.69) is 25.2 Å². The highest BCUT2D eigenvalue weighted by molar-refractivity contribution is 5.94. The minimum Gasteiger partial charge on any atom is -0.325 e. The van der Waals surface area contributed by atoms with Gasteiger partial charge in [-0.25, -0.2) is 0 Å². The maximum atomic E-state index is 11.6. The number of rotatable bonds is 4. The quantitative estimate of drug-likeness (QED) is 0.819. The topological polar surface area (TPSA) is 55.1 Å². The fourth-order valence-electron chi connectivity index (χ4n) is 1.40. The Labute approximate surface area is 97.0 Å². The molecule has 0 bridgehead atoms. The monoisotopic (exact) mass is 220 g/mol. The zero-order chi connectivity index (χ0) is 12.1. The molecule has 0 aliphatic rings. The van der Waals surface area contributed by atoms with Gasteiger partial charge in [-0.05, 0) is 30.0 Å². The second-order valence-electron chi connectivity index (χ2n) is 4.28. The maximum absolute atomic E-state index is 11.6. The summed E-state index contributed by atoms with van der Waals surface area (Å²) in [7, 11) is 0. The molecule has 0 heterocycles. The molecule has 0 spiro atoms. The Kier molecular flexibility index (Phi) is 4.50. The molecule has 0 aliphatic carbocycles. The molecule has 3 N–H and O–H groups in total. The van der Waals surface area contributed by atoms with Crippen LogP contribution in [0.2, 0.25) is 0 Å². The van der Waals surface area contributed by atoms with Crippen molar-refractivity contribution in [3.8, 4) is 0 Å². The summed E-state index contributed by atoms with van der Waals surface area (Å²) in [4.78, 5) is 11.6. The number of carbonyl (C=O) groups is 1. The van der Waals surface area contributed by atoms with Crippen LogP contribution in [0.25, 0.3) is 0 Å². The van der Waals surface area contributed by atoms with Crippen molar-refractivity contribution in [1.29, 1.82) is 0 Å². The van der Waals surface area contributed by atoms with E-state index in [0.29, 0.717) is 12.3 Å². The van der Waals surface area contributed by atoms with Gasteiger partial charge in [-0.2, -0.15) is 0 Å². The van der Waals surface area contributed by atoms with Crippen LogP contribution in [0.5, 0.6) is 0 Å². The lowest BCUT2D eigenvalue weighted by molar-refractivity contribution is -0.117. The van der Waals surface area contributed by atoms with Gasteiger partial charge >= 0.3 is 0 Å². The van der Waals surface area contributed by atoms with E-state index in [-0.39, 0.29) is 5.91 Å². The minimum atomic E-state index is -0.428. The number of benzene rings is 1. The van der Waals surface area contributed by atoms with Gasteiger partial charge in [0.05, 0.1) is 6.04 Å². The Hall–Kier alpha value is -1.35. The van der Waals surface area contributed by atoms with Crippen molar-refractivity contribution in [2.45, 2.75) is 39.2 Å². The largest absolute Gasteiger partial charge is 0.325 e. The van der Waals surface area contributed by atoms with Crippen molar-refractivity contribution >= 4 is 11.6 Å². The molecule has 3 heteroatoms. The van der Waals surface area contributed by atoms with Crippen LogP contribution >= 0.6 is 0 Å². The first-order valence-electron chi connectivity index (χ1n) is 5.71. The van der Waals surface area contributed by atoms with E-state index in [1.54, 1.807) is 0 Å². The fraction of sp³-hybridized carbons (Fsp3) is 0.462. The highest BCUT2D eigenvalue weighted by Gasteiger charge is 2.11. The van der Waals surface area contributed by atoms with Gasteiger partial charge in [0.2, 0.25) is 5.91 Å². The van der Waals surface area contributed by atoms with Gasteiger partial charge in [0.25, 0.3) is 0 Å². The Balaban J connectivity index is 2.74. The van der Waals surface area contributed by atoms with Gasteiger partial charge in [0.15, 0.2) is 0 Å². The van der Waals surface area contributed by atoms with E-state index in [4.69, 9.17) is 5.73 Å². The van der Waals surface area contributed by atoms with Crippen LogP contribution in [0.15, 0.2) is 24.3 Å². The zero-order valence-electron chi connectivity index (χ0n) is 10.2. The first-order valence-corrected chi connectivity index (χ1v) is 5.71. The molecule has 1 amide bonds. The molecule has 0 aliphatic heterocycles. The zero-order valence-corrected chi connectivity index (χ0v) is 10.2. The first kappa shape index (κ1) is 12.7. The summed E-state index contributed by atoms with van der Waals surface area (Å²) in [6, 6.07) is 7.45. The standard InChI is InChI=1S/C13H20N2O/c1-4-12(14)13(16)15-11-7-5-6-10(8-11)9(2)3/h5-9,12H,4,14H2,1-3H3,(H,15,16)/t12-/m0/s1. The van der Waals surface area contributed by atoms with Crippen molar-refractivity contribution < 1.29 is 4.79 Å². The molecule has 3 nitrogen and oxygen atoms in total. The van der Waals surface area contributed by atoms with Crippen LogP contribution < -0.4 is 11.1 Å². The predicted molar refractivity (Wildman–Crippen MR) is 67.4 cm³/mol. The molecule has 1 aromatic carbocycles. The van der Waals surface area contributed by atoms with Crippen LogP contribution in [-0.2, 0) is 4.79 Å². The van der Waals surface area contributed by atoms with Crippen molar-refractivity contribution in [3.05, 3.63) is 29.8 Å². The number of amides is 1. The first-order chi connectivity index (χ1) is 7.54. The Morgan fingerprint density at radius 3 is 2.69 bits per heavy atom. The van der Waals surface area contributed by atoms with E-state index in [1.807, 2.05) is 25.1 Å². The van der Waals surface area contributed by atoms with Crippen molar-refractivity contribution in [2.75, 3.05) is 5.32 Å². The molecule has 0 fully saturated rings. The summed E-state index contributed by atoms with van der Waals surface area (Å²) in [5, 5.41) is 2.82. The SMILES string of the molecule is CC[C@H](N)C(=O)Nc1cccc(C(C)C)c1. The molecule has 1 aromatic rings.